The van der Waals surface area contributed by atoms with Crippen molar-refractivity contribution >= 4 is 23.6 Å². The number of carbonyl (C=O) groups is 2. The first-order valence-electron chi connectivity index (χ1n) is 6.87. The molecule has 1 aromatic rings. The first kappa shape index (κ1) is 15.7. The van der Waals surface area contributed by atoms with E-state index >= 15 is 0 Å². The summed E-state index contributed by atoms with van der Waals surface area (Å²) < 4.78 is 5.09. The van der Waals surface area contributed by atoms with Crippen molar-refractivity contribution in [1.29, 1.82) is 0 Å². The molecule has 1 fully saturated rings. The number of carbonyl (C=O) groups excluding carboxylic acids is 1. The molecule has 6 heteroatoms. The van der Waals surface area contributed by atoms with E-state index in [2.05, 4.69) is 0 Å². The molecular weight excluding hydrogens is 290 g/mol. The SMILES string of the molecule is COc1ccc(SCC(=O)N2CCC(C(=O)O)CC2)cc1. The lowest BCUT2D eigenvalue weighted by molar-refractivity contribution is -0.145. The fraction of sp³-hybridized carbons (Fsp3) is 0.467. The molecule has 0 radical (unpaired) electrons. The largest absolute Gasteiger partial charge is 0.497 e. The van der Waals surface area contributed by atoms with Crippen molar-refractivity contribution in [3.05, 3.63) is 24.3 Å². The van der Waals surface area contributed by atoms with E-state index in [1.165, 1.54) is 11.8 Å². The van der Waals surface area contributed by atoms with Gasteiger partial charge in [0.1, 0.15) is 5.75 Å². The topological polar surface area (TPSA) is 66.8 Å². The molecule has 0 spiro atoms. The van der Waals surface area contributed by atoms with E-state index in [1.807, 2.05) is 24.3 Å². The zero-order valence-electron chi connectivity index (χ0n) is 11.9. The van der Waals surface area contributed by atoms with E-state index in [9.17, 15) is 9.59 Å². The monoisotopic (exact) mass is 309 g/mol. The summed E-state index contributed by atoms with van der Waals surface area (Å²) >= 11 is 1.49. The summed E-state index contributed by atoms with van der Waals surface area (Å²) in [5, 5.41) is 8.94. The lowest BCUT2D eigenvalue weighted by Crippen LogP contribution is -2.41. The smallest absolute Gasteiger partial charge is 0.306 e. The van der Waals surface area contributed by atoms with Crippen molar-refractivity contribution in [2.75, 3.05) is 26.0 Å². The number of amides is 1. The number of ether oxygens (including phenoxy) is 1. The van der Waals surface area contributed by atoms with Gasteiger partial charge in [-0.1, -0.05) is 0 Å². The van der Waals surface area contributed by atoms with Crippen LogP contribution in [-0.2, 0) is 9.59 Å². The Hall–Kier alpha value is -1.69. The Kier molecular flexibility index (Phi) is 5.50. The minimum atomic E-state index is -0.755. The average molecular weight is 309 g/mol. The van der Waals surface area contributed by atoms with Crippen molar-refractivity contribution in [3.63, 3.8) is 0 Å². The van der Waals surface area contributed by atoms with Gasteiger partial charge in [0.25, 0.3) is 0 Å². The highest BCUT2D eigenvalue weighted by Gasteiger charge is 2.26. The van der Waals surface area contributed by atoms with Gasteiger partial charge in [0, 0.05) is 18.0 Å². The van der Waals surface area contributed by atoms with Crippen LogP contribution in [0, 0.1) is 5.92 Å². The van der Waals surface area contributed by atoms with Gasteiger partial charge in [-0.15, -0.1) is 11.8 Å². The van der Waals surface area contributed by atoms with Crippen molar-refractivity contribution in [3.8, 4) is 5.75 Å². The fourth-order valence-electron chi connectivity index (χ4n) is 2.28. The third-order valence-electron chi connectivity index (χ3n) is 3.62. The average Bonchev–Trinajstić information content (AvgIpc) is 2.53. The van der Waals surface area contributed by atoms with Gasteiger partial charge in [-0.2, -0.15) is 0 Å². The molecule has 0 aliphatic carbocycles. The normalized spacial score (nSPS) is 15.8. The summed E-state index contributed by atoms with van der Waals surface area (Å²) in [6.07, 6.45) is 1.10. The molecule has 1 aliphatic heterocycles. The molecule has 1 heterocycles. The Balaban J connectivity index is 1.78. The van der Waals surface area contributed by atoms with E-state index in [0.717, 1.165) is 10.6 Å². The highest BCUT2D eigenvalue weighted by molar-refractivity contribution is 8.00. The maximum absolute atomic E-state index is 12.1. The summed E-state index contributed by atoms with van der Waals surface area (Å²) in [6.45, 7) is 1.08. The van der Waals surface area contributed by atoms with Crippen LogP contribution in [0.3, 0.4) is 0 Å². The third-order valence-corrected chi connectivity index (χ3v) is 4.62. The van der Waals surface area contributed by atoms with Crippen LogP contribution in [-0.4, -0.2) is 47.8 Å². The summed E-state index contributed by atoms with van der Waals surface area (Å²) in [5.41, 5.74) is 0. The van der Waals surface area contributed by atoms with Gasteiger partial charge in [-0.3, -0.25) is 9.59 Å². The fourth-order valence-corrected chi connectivity index (χ4v) is 3.09. The number of thioether (sulfide) groups is 1. The highest BCUT2D eigenvalue weighted by Crippen LogP contribution is 2.23. The quantitative estimate of drug-likeness (QED) is 0.844. The first-order chi connectivity index (χ1) is 10.1. The van der Waals surface area contributed by atoms with Crippen molar-refractivity contribution in [1.82, 2.24) is 4.90 Å². The van der Waals surface area contributed by atoms with Crippen LogP contribution >= 0.6 is 11.8 Å². The molecule has 1 amide bonds. The number of benzene rings is 1. The number of hydrogen-bond donors (Lipinski definition) is 1. The van der Waals surface area contributed by atoms with Crippen LogP contribution in [0.2, 0.25) is 0 Å². The molecular formula is C15H19NO4S. The summed E-state index contributed by atoms with van der Waals surface area (Å²) in [5.74, 6) is 0.184. The van der Waals surface area contributed by atoms with Crippen LogP contribution < -0.4 is 4.74 Å². The summed E-state index contributed by atoms with van der Waals surface area (Å²) in [6, 6.07) is 7.58. The van der Waals surface area contributed by atoms with E-state index in [0.29, 0.717) is 31.7 Å². The minimum Gasteiger partial charge on any atom is -0.497 e. The van der Waals surface area contributed by atoms with E-state index in [-0.39, 0.29) is 11.8 Å². The Morgan fingerprint density at radius 3 is 2.43 bits per heavy atom. The second kappa shape index (κ2) is 7.36. The Morgan fingerprint density at radius 1 is 1.29 bits per heavy atom. The van der Waals surface area contributed by atoms with Crippen LogP contribution in [0.1, 0.15) is 12.8 Å². The number of likely N-dealkylation sites (tertiary alicyclic amines) is 1. The molecule has 0 aromatic heterocycles. The van der Waals surface area contributed by atoms with Crippen LogP contribution in [0.4, 0.5) is 0 Å². The Morgan fingerprint density at radius 2 is 1.90 bits per heavy atom. The molecule has 1 aliphatic rings. The molecule has 1 aromatic carbocycles. The minimum absolute atomic E-state index is 0.0691. The highest BCUT2D eigenvalue weighted by atomic mass is 32.2. The molecule has 1 saturated heterocycles. The Bertz CT molecular complexity index is 495. The zero-order valence-corrected chi connectivity index (χ0v) is 12.8. The van der Waals surface area contributed by atoms with Gasteiger partial charge < -0.3 is 14.7 Å². The van der Waals surface area contributed by atoms with E-state index < -0.39 is 5.97 Å². The van der Waals surface area contributed by atoms with Gasteiger partial charge in [-0.25, -0.2) is 0 Å². The standard InChI is InChI=1S/C15H19NO4S/c1-20-12-2-4-13(5-3-12)21-10-14(17)16-8-6-11(7-9-16)15(18)19/h2-5,11H,6-10H2,1H3,(H,18,19). The third kappa shape index (κ3) is 4.39. The zero-order chi connectivity index (χ0) is 15.2. The van der Waals surface area contributed by atoms with E-state index in [4.69, 9.17) is 9.84 Å². The Labute approximate surface area is 128 Å². The number of nitrogens with zero attached hydrogens (tertiary/aromatic N) is 1. The number of carboxylic acids is 1. The van der Waals surface area contributed by atoms with Crippen LogP contribution in [0.25, 0.3) is 0 Å². The molecule has 0 unspecified atom stereocenters. The number of piperidine rings is 1. The molecule has 114 valence electrons. The first-order valence-corrected chi connectivity index (χ1v) is 7.86. The van der Waals surface area contributed by atoms with Crippen molar-refractivity contribution in [2.24, 2.45) is 5.92 Å². The van der Waals surface area contributed by atoms with E-state index in [1.54, 1.807) is 12.0 Å². The van der Waals surface area contributed by atoms with Crippen LogP contribution in [0.5, 0.6) is 5.75 Å². The molecule has 5 nitrogen and oxygen atoms in total. The second-order valence-corrected chi connectivity index (χ2v) is 6.01. The maximum Gasteiger partial charge on any atom is 0.306 e. The summed E-state index contributed by atoms with van der Waals surface area (Å²) in [7, 11) is 1.62. The van der Waals surface area contributed by atoms with Crippen LogP contribution in [0.15, 0.2) is 29.2 Å². The lowest BCUT2D eigenvalue weighted by Gasteiger charge is -2.30. The molecule has 1 N–H and O–H groups in total. The number of methoxy groups -OCH3 is 1. The molecule has 0 atom stereocenters. The lowest BCUT2D eigenvalue weighted by atomic mass is 9.97. The maximum atomic E-state index is 12.1. The molecule has 0 saturated carbocycles. The number of hydrogen-bond acceptors (Lipinski definition) is 4. The van der Waals surface area contributed by atoms with Crippen molar-refractivity contribution < 1.29 is 19.4 Å². The predicted molar refractivity (Wildman–Crippen MR) is 80.7 cm³/mol. The second-order valence-electron chi connectivity index (χ2n) is 4.96. The summed E-state index contributed by atoms with van der Waals surface area (Å²) in [4.78, 5) is 25.8. The molecule has 0 bridgehead atoms. The number of rotatable bonds is 5. The predicted octanol–water partition coefficient (Wildman–Crippen LogP) is 2.11. The number of aliphatic carboxylic acids is 1. The van der Waals surface area contributed by atoms with Crippen molar-refractivity contribution in [2.45, 2.75) is 17.7 Å². The van der Waals surface area contributed by atoms with Gasteiger partial charge in [0.05, 0.1) is 18.8 Å². The van der Waals surface area contributed by atoms with Gasteiger partial charge in [-0.05, 0) is 37.1 Å². The number of carboxylic acid groups (broad SMARTS) is 1. The molecule has 21 heavy (non-hydrogen) atoms. The molecule has 2 rings (SSSR count). The van der Waals surface area contributed by atoms with Gasteiger partial charge in [0.2, 0.25) is 5.91 Å². The van der Waals surface area contributed by atoms with Gasteiger partial charge in [0.15, 0.2) is 0 Å². The van der Waals surface area contributed by atoms with Gasteiger partial charge >= 0.3 is 5.97 Å².